The Morgan fingerprint density at radius 1 is 0.306 bits per heavy atom. The number of thiophene rings is 1. The summed E-state index contributed by atoms with van der Waals surface area (Å²) in [6.45, 7) is 0. The van der Waals surface area contributed by atoms with Crippen LogP contribution in [0.1, 0.15) is 0 Å². The highest BCUT2D eigenvalue weighted by Crippen LogP contribution is 2.51. The van der Waals surface area contributed by atoms with E-state index in [1.807, 2.05) is 35.6 Å². The van der Waals surface area contributed by atoms with E-state index in [0.717, 1.165) is 66.5 Å². The minimum atomic E-state index is 0.852. The van der Waals surface area contributed by atoms with Crippen LogP contribution in [0.15, 0.2) is 221 Å². The Balaban J connectivity index is 0.959. The Hall–Kier alpha value is -7.92. The Kier molecular flexibility index (Phi) is 7.78. The summed E-state index contributed by atoms with van der Waals surface area (Å²) in [5, 5.41) is 10.8. The van der Waals surface area contributed by atoms with Crippen LogP contribution < -0.4 is 4.90 Å². The molecular formula is C58H35NO2S. The highest BCUT2D eigenvalue weighted by molar-refractivity contribution is 7.24. The molecule has 10 aromatic carbocycles. The van der Waals surface area contributed by atoms with Crippen LogP contribution >= 0.6 is 11.3 Å². The molecule has 0 saturated carbocycles. The topological polar surface area (TPSA) is 29.5 Å². The zero-order valence-corrected chi connectivity index (χ0v) is 34.2. The molecule has 3 aromatic heterocycles. The highest BCUT2D eigenvalue weighted by atomic mass is 32.1. The molecule has 0 N–H and O–H groups in total. The SMILES string of the molecule is c1ccc(-c2sc3c4ccc(-c5ccc(N(c6ccc7c(c6)oc6ccccc67)c6ccc7c(c6)oc6ccccc67)cc5)cc4c4ccccc4c3c2-c2ccccc2)cc1. The molecule has 3 nitrogen and oxygen atoms in total. The van der Waals surface area contributed by atoms with Gasteiger partial charge in [-0.05, 0) is 93.0 Å². The summed E-state index contributed by atoms with van der Waals surface area (Å²) < 4.78 is 14.1. The minimum Gasteiger partial charge on any atom is -0.456 e. The maximum absolute atomic E-state index is 6.40. The largest absolute Gasteiger partial charge is 0.456 e. The van der Waals surface area contributed by atoms with E-state index in [1.165, 1.54) is 58.8 Å². The van der Waals surface area contributed by atoms with E-state index in [4.69, 9.17) is 8.83 Å². The zero-order chi connectivity index (χ0) is 40.7. The number of furan rings is 2. The fourth-order valence-corrected chi connectivity index (χ4v) is 11.0. The third-order valence-electron chi connectivity index (χ3n) is 12.5. The number of anilines is 3. The van der Waals surface area contributed by atoms with Gasteiger partial charge in [0.05, 0.1) is 0 Å². The van der Waals surface area contributed by atoms with Crippen molar-refractivity contribution >= 4 is 104 Å². The molecule has 0 amide bonds. The third kappa shape index (κ3) is 5.44. The van der Waals surface area contributed by atoms with Gasteiger partial charge in [-0.15, -0.1) is 11.3 Å². The van der Waals surface area contributed by atoms with Gasteiger partial charge in [0, 0.05) is 76.7 Å². The van der Waals surface area contributed by atoms with Crippen LogP contribution in [0.3, 0.4) is 0 Å². The van der Waals surface area contributed by atoms with Crippen LogP contribution in [0.4, 0.5) is 17.1 Å². The Labute approximate surface area is 360 Å². The molecule has 0 radical (unpaired) electrons. The lowest BCUT2D eigenvalue weighted by atomic mass is 9.91. The van der Waals surface area contributed by atoms with Crippen LogP contribution in [0.25, 0.3) is 108 Å². The second kappa shape index (κ2) is 13.8. The molecule has 4 heteroatoms. The van der Waals surface area contributed by atoms with Crippen molar-refractivity contribution in [2.75, 3.05) is 4.90 Å². The van der Waals surface area contributed by atoms with Crippen LogP contribution in [0.2, 0.25) is 0 Å². The molecule has 0 atom stereocenters. The predicted molar refractivity (Wildman–Crippen MR) is 262 cm³/mol. The van der Waals surface area contributed by atoms with Gasteiger partial charge in [-0.3, -0.25) is 0 Å². The second-order valence-corrected chi connectivity index (χ2v) is 17.0. The maximum Gasteiger partial charge on any atom is 0.137 e. The normalized spacial score (nSPS) is 11.9. The van der Waals surface area contributed by atoms with Crippen molar-refractivity contribution in [2.24, 2.45) is 0 Å². The summed E-state index contributed by atoms with van der Waals surface area (Å²) >= 11 is 1.90. The van der Waals surface area contributed by atoms with E-state index < -0.39 is 0 Å². The molecular weight excluding hydrogens is 775 g/mol. The van der Waals surface area contributed by atoms with Gasteiger partial charge in [0.1, 0.15) is 22.3 Å². The molecule has 0 aliphatic rings. The molecule has 290 valence electrons. The molecule has 13 rings (SSSR count). The van der Waals surface area contributed by atoms with Gasteiger partial charge in [-0.1, -0.05) is 146 Å². The first-order valence-corrected chi connectivity index (χ1v) is 21.8. The lowest BCUT2D eigenvalue weighted by Gasteiger charge is -2.25. The number of fused-ring (bicyclic) bond motifs is 12. The maximum atomic E-state index is 6.40. The number of nitrogens with zero attached hydrogens (tertiary/aromatic N) is 1. The Morgan fingerprint density at radius 3 is 1.42 bits per heavy atom. The minimum absolute atomic E-state index is 0.852. The van der Waals surface area contributed by atoms with Gasteiger partial charge in [-0.2, -0.15) is 0 Å². The number of hydrogen-bond donors (Lipinski definition) is 0. The van der Waals surface area contributed by atoms with Crippen molar-refractivity contribution in [1.29, 1.82) is 0 Å². The van der Waals surface area contributed by atoms with Crippen LogP contribution in [-0.2, 0) is 0 Å². The van der Waals surface area contributed by atoms with Crippen LogP contribution in [-0.4, -0.2) is 0 Å². The smallest absolute Gasteiger partial charge is 0.137 e. The summed E-state index contributed by atoms with van der Waals surface area (Å²) in [5.74, 6) is 0. The lowest BCUT2D eigenvalue weighted by molar-refractivity contribution is 0.669. The van der Waals surface area contributed by atoms with E-state index >= 15 is 0 Å². The molecule has 0 saturated heterocycles. The third-order valence-corrected chi connectivity index (χ3v) is 13.7. The molecule has 0 aliphatic carbocycles. The van der Waals surface area contributed by atoms with E-state index in [1.54, 1.807) is 0 Å². The van der Waals surface area contributed by atoms with Crippen LogP contribution in [0.5, 0.6) is 0 Å². The van der Waals surface area contributed by atoms with Gasteiger partial charge < -0.3 is 13.7 Å². The standard InChI is InChI=1S/C58H35NO2S/c1-3-13-37(14-4-1)55-56-48-20-8-7-17-43(48)50-33-39(25-30-49(50)58(56)62-57(55)38-15-5-2-6-16-38)36-23-26-40(27-24-36)59(41-28-31-46-44-18-9-11-21-51(44)60-53(46)34-41)42-29-32-47-45-19-10-12-22-52(45)61-54(47)35-42/h1-35H. The fraction of sp³-hybridized carbons (Fsp3) is 0. The Bertz CT molecular complexity index is 3750. The lowest BCUT2D eigenvalue weighted by Crippen LogP contribution is -2.09. The molecule has 13 aromatic rings. The molecule has 0 aliphatic heterocycles. The highest BCUT2D eigenvalue weighted by Gasteiger charge is 2.22. The monoisotopic (exact) mass is 809 g/mol. The first kappa shape index (κ1) is 34.9. The number of benzene rings is 10. The number of rotatable bonds is 6. The average Bonchev–Trinajstić information content (AvgIpc) is 4.04. The van der Waals surface area contributed by atoms with E-state index in [0.29, 0.717) is 0 Å². The fourth-order valence-electron chi connectivity index (χ4n) is 9.59. The van der Waals surface area contributed by atoms with Crippen molar-refractivity contribution in [1.82, 2.24) is 0 Å². The van der Waals surface area contributed by atoms with Crippen molar-refractivity contribution < 1.29 is 8.83 Å². The van der Waals surface area contributed by atoms with Crippen LogP contribution in [0, 0.1) is 0 Å². The average molecular weight is 810 g/mol. The summed E-state index contributed by atoms with van der Waals surface area (Å²) in [6.07, 6.45) is 0. The summed E-state index contributed by atoms with van der Waals surface area (Å²) in [7, 11) is 0. The second-order valence-electron chi connectivity index (χ2n) is 16.0. The molecule has 0 spiro atoms. The predicted octanol–water partition coefficient (Wildman–Crippen LogP) is 17.5. The van der Waals surface area contributed by atoms with Gasteiger partial charge in [0.2, 0.25) is 0 Å². The zero-order valence-electron chi connectivity index (χ0n) is 33.4. The molecule has 0 fully saturated rings. The molecule has 3 heterocycles. The van der Waals surface area contributed by atoms with E-state index in [-0.39, 0.29) is 0 Å². The summed E-state index contributed by atoms with van der Waals surface area (Å²) in [5.41, 5.74) is 12.6. The molecule has 62 heavy (non-hydrogen) atoms. The van der Waals surface area contributed by atoms with Gasteiger partial charge in [-0.25, -0.2) is 0 Å². The van der Waals surface area contributed by atoms with Crippen molar-refractivity contribution in [2.45, 2.75) is 0 Å². The van der Waals surface area contributed by atoms with Gasteiger partial charge in [0.25, 0.3) is 0 Å². The van der Waals surface area contributed by atoms with Crippen molar-refractivity contribution in [3.05, 3.63) is 212 Å². The number of para-hydroxylation sites is 2. The van der Waals surface area contributed by atoms with E-state index in [9.17, 15) is 0 Å². The summed E-state index contributed by atoms with van der Waals surface area (Å²) in [6, 6.07) is 76.1. The van der Waals surface area contributed by atoms with Gasteiger partial charge in [0.15, 0.2) is 0 Å². The first-order chi connectivity index (χ1) is 30.7. The molecule has 0 bridgehead atoms. The summed E-state index contributed by atoms with van der Waals surface area (Å²) in [4.78, 5) is 3.59. The molecule has 0 unspecified atom stereocenters. The van der Waals surface area contributed by atoms with Crippen molar-refractivity contribution in [3.63, 3.8) is 0 Å². The number of hydrogen-bond acceptors (Lipinski definition) is 4. The first-order valence-electron chi connectivity index (χ1n) is 21.0. The quantitative estimate of drug-likeness (QED) is 0.157. The van der Waals surface area contributed by atoms with Gasteiger partial charge >= 0.3 is 0 Å². The Morgan fingerprint density at radius 2 is 0.790 bits per heavy atom. The van der Waals surface area contributed by atoms with E-state index in [2.05, 4.69) is 193 Å². The van der Waals surface area contributed by atoms with Crippen molar-refractivity contribution in [3.8, 4) is 32.7 Å².